The zero-order valence-electron chi connectivity index (χ0n) is 24.9. The van der Waals surface area contributed by atoms with E-state index >= 15 is 0 Å². The predicted octanol–water partition coefficient (Wildman–Crippen LogP) is 4.16. The van der Waals surface area contributed by atoms with Crippen molar-refractivity contribution < 1.29 is 14.0 Å². The minimum atomic E-state index is -0.351. The predicted molar refractivity (Wildman–Crippen MR) is 159 cm³/mol. The van der Waals surface area contributed by atoms with Gasteiger partial charge in [0.05, 0.1) is 42.3 Å². The summed E-state index contributed by atoms with van der Waals surface area (Å²) in [5, 5.41) is 3.32. The lowest BCUT2D eigenvalue weighted by Crippen LogP contribution is -2.59. The van der Waals surface area contributed by atoms with Crippen molar-refractivity contribution >= 4 is 24.3 Å². The summed E-state index contributed by atoms with van der Waals surface area (Å²) in [6, 6.07) is 7.07. The molecule has 0 unspecified atom stereocenters. The van der Waals surface area contributed by atoms with E-state index in [9.17, 15) is 4.79 Å². The van der Waals surface area contributed by atoms with E-state index in [-0.39, 0.29) is 35.6 Å². The van der Waals surface area contributed by atoms with Crippen LogP contribution < -0.4 is 15.8 Å². The molecular formula is C30H44BN5O4. The lowest BCUT2D eigenvalue weighted by atomic mass is 9.65. The maximum Gasteiger partial charge on any atom is 0.461 e. The molecule has 9 nitrogen and oxygen atoms in total. The first-order valence-corrected chi connectivity index (χ1v) is 14.9. The van der Waals surface area contributed by atoms with Crippen molar-refractivity contribution in [3.63, 3.8) is 0 Å². The highest BCUT2D eigenvalue weighted by Crippen LogP contribution is 2.51. The van der Waals surface area contributed by atoms with E-state index in [1.807, 2.05) is 31.6 Å². The van der Waals surface area contributed by atoms with Crippen molar-refractivity contribution in [2.24, 2.45) is 7.05 Å². The standard InChI is InChI=1S/C30H44BN5O4/c1-20-16-35(23-18-38-19-23)12-13-36(20)22-10-11-27(32-15-22)33-26-14-21(17-34(6)28(26)37)24-8-7-9-25(24)31-39-29(2,3)30(4,5)40-31/h10-11,14-15,17,20,23-25H,7-9,12-13,16,18-19H2,1-6H3,(H,32,33)/t20-,24+,25-/m0/s1. The van der Waals surface area contributed by atoms with Crippen LogP contribution in [-0.4, -0.2) is 77.7 Å². The average Bonchev–Trinajstić information content (AvgIpc) is 3.43. The van der Waals surface area contributed by atoms with Gasteiger partial charge in [0.2, 0.25) is 0 Å². The van der Waals surface area contributed by atoms with Gasteiger partial charge in [-0.3, -0.25) is 9.69 Å². The maximum absolute atomic E-state index is 13.1. The molecule has 10 heteroatoms. The van der Waals surface area contributed by atoms with Crippen LogP contribution in [0.25, 0.3) is 0 Å². The Labute approximate surface area is 238 Å². The number of aryl methyl sites for hydroxylation is 1. The highest BCUT2D eigenvalue weighted by atomic mass is 16.7. The molecule has 0 amide bonds. The first kappa shape index (κ1) is 27.8. The molecule has 5 heterocycles. The zero-order chi connectivity index (χ0) is 28.2. The number of pyridine rings is 2. The van der Waals surface area contributed by atoms with Gasteiger partial charge in [-0.2, -0.15) is 0 Å². The smallest absolute Gasteiger partial charge is 0.403 e. The van der Waals surface area contributed by atoms with Crippen LogP contribution in [0.1, 0.15) is 65.4 Å². The molecule has 3 aliphatic heterocycles. The van der Waals surface area contributed by atoms with Crippen molar-refractivity contribution in [2.75, 3.05) is 43.1 Å². The molecule has 4 aliphatic rings. The maximum atomic E-state index is 13.1. The minimum absolute atomic E-state index is 0.0653. The first-order chi connectivity index (χ1) is 19.0. The largest absolute Gasteiger partial charge is 0.461 e. The SMILES string of the molecule is C[C@H]1CN(C2COC2)CCN1c1ccc(Nc2cc([C@H]3CCC[C@@H]3B3OC(C)(C)C(C)(C)O3)cn(C)c2=O)nc1. The number of ether oxygens (including phenoxy) is 1. The molecule has 1 aliphatic carbocycles. The highest BCUT2D eigenvalue weighted by Gasteiger charge is 2.55. The van der Waals surface area contributed by atoms with Crippen LogP contribution in [0.4, 0.5) is 17.2 Å². The van der Waals surface area contributed by atoms with Gasteiger partial charge in [0.25, 0.3) is 5.56 Å². The zero-order valence-corrected chi connectivity index (χ0v) is 24.9. The topological polar surface area (TPSA) is 81.1 Å². The quantitative estimate of drug-likeness (QED) is 0.539. The Bertz CT molecular complexity index is 1260. The molecule has 40 heavy (non-hydrogen) atoms. The number of hydrogen-bond acceptors (Lipinski definition) is 8. The Kier molecular flexibility index (Phi) is 7.26. The molecule has 216 valence electrons. The third-order valence-electron chi connectivity index (χ3n) is 9.96. The summed E-state index contributed by atoms with van der Waals surface area (Å²) in [5.74, 6) is 1.19. The third kappa shape index (κ3) is 5.08. The number of piperazine rings is 1. The van der Waals surface area contributed by atoms with E-state index in [2.05, 4.69) is 55.8 Å². The van der Waals surface area contributed by atoms with Crippen LogP contribution in [0.3, 0.4) is 0 Å². The summed E-state index contributed by atoms with van der Waals surface area (Å²) in [6.45, 7) is 15.4. The molecule has 2 aromatic heterocycles. The molecule has 0 aromatic carbocycles. The van der Waals surface area contributed by atoms with Crippen molar-refractivity contribution in [1.29, 1.82) is 0 Å². The summed E-state index contributed by atoms with van der Waals surface area (Å²) in [4.78, 5) is 22.8. The van der Waals surface area contributed by atoms with Crippen molar-refractivity contribution in [3.05, 3.63) is 46.5 Å². The van der Waals surface area contributed by atoms with Crippen LogP contribution in [0, 0.1) is 0 Å². The number of rotatable bonds is 6. The van der Waals surface area contributed by atoms with E-state index in [1.54, 1.807) is 4.57 Å². The second-order valence-electron chi connectivity index (χ2n) is 13.2. The Morgan fingerprint density at radius 2 is 1.82 bits per heavy atom. The Hall–Kier alpha value is -2.40. The second-order valence-corrected chi connectivity index (χ2v) is 13.2. The molecular weight excluding hydrogens is 505 g/mol. The van der Waals surface area contributed by atoms with Gasteiger partial charge in [0, 0.05) is 44.7 Å². The highest BCUT2D eigenvalue weighted by molar-refractivity contribution is 6.47. The first-order valence-electron chi connectivity index (χ1n) is 14.9. The van der Waals surface area contributed by atoms with Crippen molar-refractivity contribution in [2.45, 2.75) is 88.9 Å². The normalized spacial score (nSPS) is 28.6. The fraction of sp³-hybridized carbons (Fsp3) is 0.667. The molecule has 4 fully saturated rings. The van der Waals surface area contributed by atoms with Gasteiger partial charge < -0.3 is 28.8 Å². The summed E-state index contributed by atoms with van der Waals surface area (Å²) < 4.78 is 20.0. The van der Waals surface area contributed by atoms with Crippen LogP contribution >= 0.6 is 0 Å². The Morgan fingerprint density at radius 1 is 1.07 bits per heavy atom. The fourth-order valence-electron chi connectivity index (χ4n) is 6.72. The van der Waals surface area contributed by atoms with E-state index in [0.717, 1.165) is 63.4 Å². The monoisotopic (exact) mass is 549 g/mol. The summed E-state index contributed by atoms with van der Waals surface area (Å²) in [5.41, 5.74) is 2.03. The lowest BCUT2D eigenvalue weighted by molar-refractivity contribution is -0.0691. The minimum Gasteiger partial charge on any atom is -0.403 e. The molecule has 0 spiro atoms. The molecule has 3 saturated heterocycles. The van der Waals surface area contributed by atoms with Crippen LogP contribution in [0.2, 0.25) is 5.82 Å². The summed E-state index contributed by atoms with van der Waals surface area (Å²) in [6.07, 6.45) is 7.13. The van der Waals surface area contributed by atoms with Crippen LogP contribution in [0.5, 0.6) is 0 Å². The number of anilines is 3. The van der Waals surface area contributed by atoms with Crippen LogP contribution in [-0.2, 0) is 21.1 Å². The van der Waals surface area contributed by atoms with Gasteiger partial charge in [-0.05, 0) is 70.7 Å². The van der Waals surface area contributed by atoms with Crippen molar-refractivity contribution in [1.82, 2.24) is 14.5 Å². The lowest BCUT2D eigenvalue weighted by Gasteiger charge is -2.46. The van der Waals surface area contributed by atoms with Gasteiger partial charge in [-0.1, -0.05) is 12.8 Å². The molecule has 0 radical (unpaired) electrons. The van der Waals surface area contributed by atoms with Crippen LogP contribution in [0.15, 0.2) is 35.4 Å². The Balaban J connectivity index is 1.16. The molecule has 1 N–H and O–H groups in total. The van der Waals surface area contributed by atoms with E-state index < -0.39 is 0 Å². The van der Waals surface area contributed by atoms with E-state index in [1.165, 1.54) is 0 Å². The number of nitrogens with one attached hydrogen (secondary N) is 1. The van der Waals surface area contributed by atoms with Gasteiger partial charge in [0.15, 0.2) is 0 Å². The summed E-state index contributed by atoms with van der Waals surface area (Å²) in [7, 11) is 1.58. The van der Waals surface area contributed by atoms with Crippen molar-refractivity contribution in [3.8, 4) is 0 Å². The molecule has 3 atom stereocenters. The van der Waals surface area contributed by atoms with Gasteiger partial charge in [0.1, 0.15) is 11.5 Å². The Morgan fingerprint density at radius 3 is 2.45 bits per heavy atom. The second kappa shape index (κ2) is 10.5. The van der Waals surface area contributed by atoms with Gasteiger partial charge >= 0.3 is 7.12 Å². The summed E-state index contributed by atoms with van der Waals surface area (Å²) >= 11 is 0. The fourth-order valence-corrected chi connectivity index (χ4v) is 6.72. The number of aromatic nitrogens is 2. The van der Waals surface area contributed by atoms with E-state index in [0.29, 0.717) is 23.6 Å². The molecule has 6 rings (SSSR count). The molecule has 0 bridgehead atoms. The average molecular weight is 550 g/mol. The molecule has 2 aromatic rings. The molecule has 1 saturated carbocycles. The van der Waals surface area contributed by atoms with Gasteiger partial charge in [-0.15, -0.1) is 0 Å². The third-order valence-corrected chi connectivity index (χ3v) is 9.96. The number of nitrogens with zero attached hydrogens (tertiary/aromatic N) is 4. The van der Waals surface area contributed by atoms with E-state index in [4.69, 9.17) is 19.0 Å². The number of hydrogen-bond donors (Lipinski definition) is 1. The van der Waals surface area contributed by atoms with Gasteiger partial charge in [-0.25, -0.2) is 4.98 Å².